The predicted octanol–water partition coefficient (Wildman–Crippen LogP) is 5.07. The maximum Gasteiger partial charge on any atom is 0.337 e. The van der Waals surface area contributed by atoms with Gasteiger partial charge in [0.25, 0.3) is 5.56 Å². The maximum absolute atomic E-state index is 12.5. The lowest BCUT2D eigenvalue weighted by Crippen LogP contribution is -2.19. The molecule has 34 heavy (non-hydrogen) atoms. The molecule has 0 fully saturated rings. The van der Waals surface area contributed by atoms with Gasteiger partial charge in [0, 0.05) is 28.6 Å². The van der Waals surface area contributed by atoms with Crippen LogP contribution in [0.3, 0.4) is 0 Å². The van der Waals surface area contributed by atoms with E-state index in [4.69, 9.17) is 11.6 Å². The Labute approximate surface area is 203 Å². The number of anilines is 2. The van der Waals surface area contributed by atoms with Gasteiger partial charge in [0.15, 0.2) is 0 Å². The number of hydrogen-bond acceptors (Lipinski definition) is 6. The molecule has 2 N–H and O–H groups in total. The molecule has 0 saturated carbocycles. The van der Waals surface area contributed by atoms with Crippen LogP contribution >= 0.6 is 23.4 Å². The smallest absolute Gasteiger partial charge is 0.337 e. The quantitative estimate of drug-likeness (QED) is 0.286. The molecule has 0 aliphatic rings. The summed E-state index contributed by atoms with van der Waals surface area (Å²) in [7, 11) is 1.31. The van der Waals surface area contributed by atoms with Crippen LogP contribution < -0.4 is 16.2 Å². The topological polar surface area (TPSA) is 102 Å². The van der Waals surface area contributed by atoms with Crippen molar-refractivity contribution in [2.45, 2.75) is 10.6 Å². The summed E-state index contributed by atoms with van der Waals surface area (Å²) in [5.41, 5.74) is 2.43. The van der Waals surface area contributed by atoms with Crippen molar-refractivity contribution in [3.63, 3.8) is 0 Å². The summed E-state index contributed by atoms with van der Waals surface area (Å²) in [5.74, 6) is -0.0155. The Morgan fingerprint density at radius 3 is 2.59 bits per heavy atom. The fourth-order valence-electron chi connectivity index (χ4n) is 3.14. The number of thioether (sulfide) groups is 1. The molecule has 10 heteroatoms. The highest BCUT2D eigenvalue weighted by Gasteiger charge is 2.10. The Bertz CT molecular complexity index is 1420. The molecule has 0 atom stereocenters. The van der Waals surface area contributed by atoms with Crippen molar-refractivity contribution in [3.05, 3.63) is 99.6 Å². The minimum absolute atomic E-state index is 0.216. The Kier molecular flexibility index (Phi) is 7.15. The number of esters is 1. The minimum Gasteiger partial charge on any atom is -0.465 e. The summed E-state index contributed by atoms with van der Waals surface area (Å²) >= 11 is 7.40. The van der Waals surface area contributed by atoms with Crippen molar-refractivity contribution in [2.24, 2.45) is 0 Å². The van der Waals surface area contributed by atoms with E-state index in [-0.39, 0.29) is 5.56 Å². The van der Waals surface area contributed by atoms with Crippen molar-refractivity contribution in [1.29, 1.82) is 0 Å². The van der Waals surface area contributed by atoms with Crippen LogP contribution in [-0.4, -0.2) is 28.5 Å². The van der Waals surface area contributed by atoms with Crippen molar-refractivity contribution >= 4 is 52.4 Å². The summed E-state index contributed by atoms with van der Waals surface area (Å²) in [6.07, 6.45) is 1.53. The first kappa shape index (κ1) is 23.3. The predicted molar refractivity (Wildman–Crippen MR) is 133 cm³/mol. The number of carbonyl (C=O) groups excluding carboxylic acids is 2. The number of methoxy groups -OCH3 is 1. The minimum atomic E-state index is -0.450. The third-order valence-corrected chi connectivity index (χ3v) is 6.08. The molecular formula is C24H19ClN4O4S. The molecule has 0 unspecified atom stereocenters. The van der Waals surface area contributed by atoms with E-state index in [1.165, 1.54) is 35.5 Å². The van der Waals surface area contributed by atoms with E-state index >= 15 is 0 Å². The first-order chi connectivity index (χ1) is 16.4. The number of rotatable bonds is 6. The van der Waals surface area contributed by atoms with E-state index in [0.29, 0.717) is 39.1 Å². The fourth-order valence-corrected chi connectivity index (χ4v) is 4.20. The van der Waals surface area contributed by atoms with Gasteiger partial charge >= 0.3 is 12.0 Å². The van der Waals surface area contributed by atoms with Crippen LogP contribution in [0.15, 0.2) is 82.6 Å². The molecule has 0 aliphatic heterocycles. The average molecular weight is 495 g/mol. The molecule has 0 bridgehead atoms. The number of nitrogens with one attached hydrogen (secondary N) is 2. The van der Waals surface area contributed by atoms with Crippen molar-refractivity contribution in [3.8, 4) is 0 Å². The molecule has 4 aromatic rings. The second-order valence-electron chi connectivity index (χ2n) is 7.09. The molecule has 2 aromatic carbocycles. The van der Waals surface area contributed by atoms with Crippen LogP contribution in [0.5, 0.6) is 0 Å². The van der Waals surface area contributed by atoms with Gasteiger partial charge in [-0.05, 0) is 48.5 Å². The lowest BCUT2D eigenvalue weighted by Gasteiger charge is -2.12. The van der Waals surface area contributed by atoms with E-state index in [0.717, 1.165) is 4.90 Å². The van der Waals surface area contributed by atoms with Crippen LogP contribution in [0.2, 0.25) is 5.02 Å². The molecule has 172 valence electrons. The highest BCUT2D eigenvalue weighted by Crippen LogP contribution is 2.29. The monoisotopic (exact) mass is 494 g/mol. The Morgan fingerprint density at radius 2 is 1.82 bits per heavy atom. The lowest BCUT2D eigenvalue weighted by molar-refractivity contribution is 0.0600. The number of fused-ring (bicyclic) bond motifs is 1. The molecule has 8 nitrogen and oxygen atoms in total. The molecule has 0 aliphatic carbocycles. The first-order valence-electron chi connectivity index (χ1n) is 10.1. The number of urea groups is 1. The molecule has 0 saturated heterocycles. The van der Waals surface area contributed by atoms with E-state index in [1.807, 2.05) is 18.2 Å². The second kappa shape index (κ2) is 10.4. The number of benzene rings is 2. The molecule has 4 rings (SSSR count). The number of para-hydroxylation sites is 1. The van der Waals surface area contributed by atoms with Crippen molar-refractivity contribution in [1.82, 2.24) is 9.38 Å². The van der Waals surface area contributed by atoms with E-state index in [1.54, 1.807) is 42.5 Å². The highest BCUT2D eigenvalue weighted by molar-refractivity contribution is 7.98. The van der Waals surface area contributed by atoms with Gasteiger partial charge in [0.2, 0.25) is 0 Å². The van der Waals surface area contributed by atoms with Crippen LogP contribution in [0.25, 0.3) is 5.65 Å². The van der Waals surface area contributed by atoms with Crippen molar-refractivity contribution < 1.29 is 14.3 Å². The standard InChI is InChI=1S/C24H19ClN4O4S/c1-33-23(31)15-6-9-17(10-7-15)27-24(32)28-19-4-2-3-5-20(19)34-14-18-12-22(30)29-13-16(25)8-11-21(29)26-18/h2-13H,14H2,1H3,(H2,27,28,32). The third-order valence-electron chi connectivity index (χ3n) is 4.75. The average Bonchev–Trinajstić information content (AvgIpc) is 2.84. The van der Waals surface area contributed by atoms with Crippen LogP contribution in [0, 0.1) is 0 Å². The number of nitrogens with zero attached hydrogens (tertiary/aromatic N) is 2. The van der Waals surface area contributed by atoms with E-state index < -0.39 is 12.0 Å². The van der Waals surface area contributed by atoms with Crippen molar-refractivity contribution in [2.75, 3.05) is 17.7 Å². The fraction of sp³-hybridized carbons (Fsp3) is 0.0833. The molecular weight excluding hydrogens is 476 g/mol. The van der Waals surface area contributed by atoms with Gasteiger partial charge in [0.1, 0.15) is 5.65 Å². The number of hydrogen-bond donors (Lipinski definition) is 2. The summed E-state index contributed by atoms with van der Waals surface area (Å²) in [4.78, 5) is 41.8. The SMILES string of the molecule is COC(=O)c1ccc(NC(=O)Nc2ccccc2SCc2cc(=O)n3cc(Cl)ccc3n2)cc1. The zero-order valence-corrected chi connectivity index (χ0v) is 19.5. The molecule has 2 amide bonds. The molecule has 2 aromatic heterocycles. The van der Waals surface area contributed by atoms with Gasteiger partial charge < -0.3 is 15.4 Å². The first-order valence-corrected chi connectivity index (χ1v) is 11.5. The van der Waals surface area contributed by atoms with Gasteiger partial charge in [-0.1, -0.05) is 23.7 Å². The Hall–Kier alpha value is -3.82. The number of amides is 2. The van der Waals surface area contributed by atoms with Gasteiger partial charge in [-0.25, -0.2) is 14.6 Å². The Morgan fingerprint density at radius 1 is 1.06 bits per heavy atom. The second-order valence-corrected chi connectivity index (χ2v) is 8.55. The maximum atomic E-state index is 12.5. The Balaban J connectivity index is 1.43. The highest BCUT2D eigenvalue weighted by atomic mass is 35.5. The normalized spacial score (nSPS) is 10.6. The number of ether oxygens (including phenoxy) is 1. The van der Waals surface area contributed by atoms with Crippen LogP contribution in [0.1, 0.15) is 16.1 Å². The lowest BCUT2D eigenvalue weighted by atomic mass is 10.2. The van der Waals surface area contributed by atoms with Gasteiger partial charge in [-0.2, -0.15) is 0 Å². The number of halogens is 1. The summed E-state index contributed by atoms with van der Waals surface area (Å²) < 4.78 is 6.06. The van der Waals surface area contributed by atoms with Gasteiger partial charge in [0.05, 0.1) is 29.1 Å². The summed E-state index contributed by atoms with van der Waals surface area (Å²) in [6.45, 7) is 0. The number of pyridine rings is 1. The summed E-state index contributed by atoms with van der Waals surface area (Å²) in [6, 6.07) is 18.1. The molecule has 0 spiro atoms. The summed E-state index contributed by atoms with van der Waals surface area (Å²) in [5, 5.41) is 6.01. The van der Waals surface area contributed by atoms with Gasteiger partial charge in [-0.3, -0.25) is 9.20 Å². The van der Waals surface area contributed by atoms with E-state index in [9.17, 15) is 14.4 Å². The molecule has 0 radical (unpaired) electrons. The molecule has 2 heterocycles. The zero-order chi connectivity index (χ0) is 24.1. The third kappa shape index (κ3) is 5.56. The van der Waals surface area contributed by atoms with Gasteiger partial charge in [-0.15, -0.1) is 11.8 Å². The van der Waals surface area contributed by atoms with Crippen LogP contribution in [0.4, 0.5) is 16.2 Å². The largest absolute Gasteiger partial charge is 0.465 e. The zero-order valence-electron chi connectivity index (χ0n) is 17.9. The van der Waals surface area contributed by atoms with E-state index in [2.05, 4.69) is 20.4 Å². The van der Waals surface area contributed by atoms with Crippen LogP contribution in [-0.2, 0) is 10.5 Å². The number of carbonyl (C=O) groups is 2. The number of aromatic nitrogens is 2.